The number of nitrogens with one attached hydrogen (secondary N) is 1. The summed E-state index contributed by atoms with van der Waals surface area (Å²) in [6, 6.07) is 3.49. The molecule has 2 aliphatic heterocycles. The Morgan fingerprint density at radius 1 is 1.44 bits per heavy atom. The average molecular weight is 336 g/mol. The van der Waals surface area contributed by atoms with Crippen molar-refractivity contribution in [3.8, 4) is 0 Å². The van der Waals surface area contributed by atoms with Crippen molar-refractivity contribution in [3.05, 3.63) is 22.6 Å². The van der Waals surface area contributed by atoms with Gasteiger partial charge in [-0.25, -0.2) is 0 Å². The number of hydrogen-bond donors (Lipinski definition) is 1. The van der Waals surface area contributed by atoms with Crippen LogP contribution >= 0.6 is 28.3 Å². The minimum absolute atomic E-state index is 0. The van der Waals surface area contributed by atoms with Gasteiger partial charge in [0.1, 0.15) is 0 Å². The normalized spacial score (nSPS) is 26.6. The van der Waals surface area contributed by atoms with Crippen LogP contribution in [0.25, 0.3) is 0 Å². The molecule has 2 saturated heterocycles. The zero-order chi connectivity index (χ0) is 11.9. The molecule has 6 heteroatoms. The molecule has 1 spiro atoms. The Morgan fingerprint density at radius 3 is 2.89 bits per heavy atom. The molecule has 2 fully saturated rings. The second kappa shape index (κ2) is 5.23. The van der Waals surface area contributed by atoms with E-state index in [0.29, 0.717) is 15.8 Å². The van der Waals surface area contributed by atoms with E-state index in [1.807, 2.05) is 4.90 Å². The Hall–Kier alpha value is -0.520. The molecular formula is C12H16BrClN2O2. The molecular weight excluding hydrogens is 320 g/mol. The van der Waals surface area contributed by atoms with E-state index in [0.717, 1.165) is 32.6 Å². The highest BCUT2D eigenvalue weighted by molar-refractivity contribution is 9.10. The van der Waals surface area contributed by atoms with Gasteiger partial charge in [0, 0.05) is 25.0 Å². The van der Waals surface area contributed by atoms with Crippen LogP contribution in [0.2, 0.25) is 0 Å². The fraction of sp³-hybridized carbons (Fsp3) is 0.583. The Balaban J connectivity index is 0.00000120. The Kier molecular flexibility index (Phi) is 4.04. The summed E-state index contributed by atoms with van der Waals surface area (Å²) in [7, 11) is 0. The summed E-state index contributed by atoms with van der Waals surface area (Å²) in [5.74, 6) is 0.444. The molecule has 1 unspecified atom stereocenters. The van der Waals surface area contributed by atoms with Crippen molar-refractivity contribution in [3.63, 3.8) is 0 Å². The van der Waals surface area contributed by atoms with Gasteiger partial charge >= 0.3 is 0 Å². The van der Waals surface area contributed by atoms with Gasteiger partial charge in [0.25, 0.3) is 5.91 Å². The van der Waals surface area contributed by atoms with Gasteiger partial charge in [-0.1, -0.05) is 0 Å². The maximum atomic E-state index is 12.2. The number of hydrogen-bond acceptors (Lipinski definition) is 3. The molecule has 3 heterocycles. The van der Waals surface area contributed by atoms with Gasteiger partial charge in [0.05, 0.1) is 0 Å². The number of halogens is 2. The minimum atomic E-state index is 0. The van der Waals surface area contributed by atoms with Crippen LogP contribution in [0.4, 0.5) is 0 Å². The molecule has 1 N–H and O–H groups in total. The van der Waals surface area contributed by atoms with Crippen LogP contribution in [0.15, 0.2) is 21.2 Å². The summed E-state index contributed by atoms with van der Waals surface area (Å²) in [6.45, 7) is 3.82. The number of likely N-dealkylation sites (tertiary alicyclic amines) is 1. The highest BCUT2D eigenvalue weighted by atomic mass is 79.9. The summed E-state index contributed by atoms with van der Waals surface area (Å²) in [5.41, 5.74) is 0.319. The molecule has 0 saturated carbocycles. The van der Waals surface area contributed by atoms with Crippen molar-refractivity contribution in [1.82, 2.24) is 10.2 Å². The van der Waals surface area contributed by atoms with Crippen molar-refractivity contribution in [1.29, 1.82) is 0 Å². The predicted octanol–water partition coefficient (Wildman–Crippen LogP) is 2.29. The number of furan rings is 1. The second-order valence-electron chi connectivity index (χ2n) is 5.01. The summed E-state index contributed by atoms with van der Waals surface area (Å²) >= 11 is 3.22. The molecule has 1 aromatic rings. The highest BCUT2D eigenvalue weighted by Crippen LogP contribution is 2.36. The van der Waals surface area contributed by atoms with Crippen molar-refractivity contribution in [2.45, 2.75) is 12.8 Å². The highest BCUT2D eigenvalue weighted by Gasteiger charge is 2.42. The topological polar surface area (TPSA) is 45.5 Å². The maximum absolute atomic E-state index is 12.2. The standard InChI is InChI=1S/C12H15BrN2O2.ClH/c13-10-2-1-9(17-10)11(16)15-6-4-12(8-15)3-5-14-7-12;/h1-2,14H,3-8H2;1H. The zero-order valence-corrected chi connectivity index (χ0v) is 12.3. The lowest BCUT2D eigenvalue weighted by atomic mass is 9.87. The lowest BCUT2D eigenvalue weighted by Crippen LogP contribution is -2.33. The molecule has 3 rings (SSSR count). The van der Waals surface area contributed by atoms with E-state index in [1.54, 1.807) is 12.1 Å². The molecule has 0 aliphatic carbocycles. The minimum Gasteiger partial charge on any atom is -0.444 e. The predicted molar refractivity (Wildman–Crippen MR) is 74.1 cm³/mol. The second-order valence-corrected chi connectivity index (χ2v) is 5.79. The molecule has 1 atom stereocenters. The first-order chi connectivity index (χ1) is 8.19. The van der Waals surface area contributed by atoms with E-state index in [4.69, 9.17) is 4.42 Å². The molecule has 4 nitrogen and oxygen atoms in total. The van der Waals surface area contributed by atoms with Crippen LogP contribution in [0.1, 0.15) is 23.4 Å². The third-order valence-electron chi connectivity index (χ3n) is 3.84. The van der Waals surface area contributed by atoms with Crippen LogP contribution in [0.5, 0.6) is 0 Å². The lowest BCUT2D eigenvalue weighted by Gasteiger charge is -2.22. The Morgan fingerprint density at radius 2 is 2.28 bits per heavy atom. The largest absolute Gasteiger partial charge is 0.444 e. The summed E-state index contributed by atoms with van der Waals surface area (Å²) in [5, 5.41) is 3.39. The van der Waals surface area contributed by atoms with Gasteiger partial charge < -0.3 is 14.6 Å². The van der Waals surface area contributed by atoms with E-state index in [2.05, 4.69) is 21.2 Å². The number of carbonyl (C=O) groups excluding carboxylic acids is 1. The van der Waals surface area contributed by atoms with E-state index < -0.39 is 0 Å². The molecule has 1 aromatic heterocycles. The molecule has 0 aromatic carbocycles. The Bertz CT molecular complexity index is 443. The van der Waals surface area contributed by atoms with E-state index in [9.17, 15) is 4.79 Å². The van der Waals surface area contributed by atoms with Crippen LogP contribution < -0.4 is 5.32 Å². The van der Waals surface area contributed by atoms with E-state index >= 15 is 0 Å². The third-order valence-corrected chi connectivity index (χ3v) is 4.27. The maximum Gasteiger partial charge on any atom is 0.289 e. The average Bonchev–Trinajstić information content (AvgIpc) is 3.02. The van der Waals surface area contributed by atoms with Crippen molar-refractivity contribution < 1.29 is 9.21 Å². The zero-order valence-electron chi connectivity index (χ0n) is 9.95. The SMILES string of the molecule is Cl.O=C(c1ccc(Br)o1)N1CCC2(CCNC2)C1. The van der Waals surface area contributed by atoms with Crippen LogP contribution in [0, 0.1) is 5.41 Å². The van der Waals surface area contributed by atoms with Gasteiger partial charge in [-0.3, -0.25) is 4.79 Å². The smallest absolute Gasteiger partial charge is 0.289 e. The van der Waals surface area contributed by atoms with Gasteiger partial charge in [0.2, 0.25) is 0 Å². The monoisotopic (exact) mass is 334 g/mol. The lowest BCUT2D eigenvalue weighted by molar-refractivity contribution is 0.0742. The first-order valence-electron chi connectivity index (χ1n) is 5.94. The van der Waals surface area contributed by atoms with E-state index in [1.165, 1.54) is 6.42 Å². The first-order valence-corrected chi connectivity index (χ1v) is 6.73. The number of carbonyl (C=O) groups is 1. The number of amides is 1. The van der Waals surface area contributed by atoms with Gasteiger partial charge in [-0.05, 0) is 47.4 Å². The van der Waals surface area contributed by atoms with E-state index in [-0.39, 0.29) is 18.3 Å². The van der Waals surface area contributed by atoms with Crippen molar-refractivity contribution in [2.75, 3.05) is 26.2 Å². The summed E-state index contributed by atoms with van der Waals surface area (Å²) in [4.78, 5) is 14.1. The fourth-order valence-electron chi connectivity index (χ4n) is 2.84. The molecule has 100 valence electrons. The van der Waals surface area contributed by atoms with Crippen LogP contribution in [-0.4, -0.2) is 37.0 Å². The first kappa shape index (κ1) is 13.9. The van der Waals surface area contributed by atoms with Crippen LogP contribution in [-0.2, 0) is 0 Å². The Labute approximate surface area is 121 Å². The van der Waals surface area contributed by atoms with Crippen molar-refractivity contribution >= 4 is 34.2 Å². The van der Waals surface area contributed by atoms with Crippen LogP contribution in [0.3, 0.4) is 0 Å². The number of nitrogens with zero attached hydrogens (tertiary/aromatic N) is 1. The fourth-order valence-corrected chi connectivity index (χ4v) is 3.14. The van der Waals surface area contributed by atoms with Gasteiger partial charge in [0.15, 0.2) is 10.4 Å². The summed E-state index contributed by atoms with van der Waals surface area (Å²) < 4.78 is 5.93. The van der Waals surface area contributed by atoms with Gasteiger partial charge in [-0.15, -0.1) is 12.4 Å². The molecule has 18 heavy (non-hydrogen) atoms. The number of rotatable bonds is 1. The quantitative estimate of drug-likeness (QED) is 0.856. The van der Waals surface area contributed by atoms with Crippen molar-refractivity contribution in [2.24, 2.45) is 5.41 Å². The molecule has 1 amide bonds. The third kappa shape index (κ3) is 2.44. The summed E-state index contributed by atoms with van der Waals surface area (Å²) in [6.07, 6.45) is 2.28. The molecule has 0 bridgehead atoms. The van der Waals surface area contributed by atoms with Gasteiger partial charge in [-0.2, -0.15) is 0 Å². The molecule has 2 aliphatic rings. The molecule has 0 radical (unpaired) electrons.